The van der Waals surface area contributed by atoms with Gasteiger partial charge in [0.2, 0.25) is 5.91 Å². The highest BCUT2D eigenvalue weighted by Crippen LogP contribution is 2.14. The van der Waals surface area contributed by atoms with Crippen molar-refractivity contribution in [3.05, 3.63) is 46.8 Å². The van der Waals surface area contributed by atoms with Crippen LogP contribution in [0.3, 0.4) is 0 Å². The van der Waals surface area contributed by atoms with Gasteiger partial charge in [0.15, 0.2) is 0 Å². The Kier molecular flexibility index (Phi) is 6.92. The standard InChI is InChI=1S/C16H21N3O2.ClH/c1-11-15(12(2)21-19-11)7-8-16(20)18-10-9-13-3-5-14(17)6-4-13;/h3-6H,7-10,17H2,1-2H3,(H,18,20);1H. The van der Waals surface area contributed by atoms with Crippen molar-refractivity contribution in [1.29, 1.82) is 0 Å². The average Bonchev–Trinajstić information content (AvgIpc) is 2.78. The fourth-order valence-electron chi connectivity index (χ4n) is 2.22. The molecular formula is C16H22ClN3O2. The Balaban J connectivity index is 0.00000242. The number of hydrogen-bond donors (Lipinski definition) is 2. The van der Waals surface area contributed by atoms with Gasteiger partial charge in [-0.1, -0.05) is 17.3 Å². The molecule has 0 saturated carbocycles. The summed E-state index contributed by atoms with van der Waals surface area (Å²) in [5.74, 6) is 0.840. The second-order valence-corrected chi connectivity index (χ2v) is 5.14. The molecule has 0 unspecified atom stereocenters. The van der Waals surface area contributed by atoms with Crippen molar-refractivity contribution in [2.45, 2.75) is 33.1 Å². The number of anilines is 1. The molecule has 0 aliphatic carbocycles. The van der Waals surface area contributed by atoms with Crippen LogP contribution in [0.5, 0.6) is 0 Å². The monoisotopic (exact) mass is 323 g/mol. The van der Waals surface area contributed by atoms with Crippen LogP contribution in [0.2, 0.25) is 0 Å². The molecule has 22 heavy (non-hydrogen) atoms. The van der Waals surface area contributed by atoms with E-state index in [1.165, 1.54) is 0 Å². The summed E-state index contributed by atoms with van der Waals surface area (Å²) in [7, 11) is 0. The van der Waals surface area contributed by atoms with Gasteiger partial charge in [-0.25, -0.2) is 0 Å². The zero-order valence-electron chi connectivity index (χ0n) is 12.9. The van der Waals surface area contributed by atoms with Gasteiger partial charge in [0.05, 0.1) is 5.69 Å². The summed E-state index contributed by atoms with van der Waals surface area (Å²) < 4.78 is 5.08. The van der Waals surface area contributed by atoms with Crippen molar-refractivity contribution in [1.82, 2.24) is 10.5 Å². The first kappa shape index (κ1) is 18.0. The zero-order chi connectivity index (χ0) is 15.2. The van der Waals surface area contributed by atoms with E-state index in [0.29, 0.717) is 19.4 Å². The fraction of sp³-hybridized carbons (Fsp3) is 0.375. The number of nitrogens with one attached hydrogen (secondary N) is 1. The van der Waals surface area contributed by atoms with Crippen molar-refractivity contribution >= 4 is 24.0 Å². The summed E-state index contributed by atoms with van der Waals surface area (Å²) in [5, 5.41) is 6.81. The SMILES string of the molecule is Cc1noc(C)c1CCC(=O)NCCc1ccc(N)cc1.Cl. The number of nitrogens with zero attached hydrogens (tertiary/aromatic N) is 1. The number of nitrogen functional groups attached to an aromatic ring is 1. The topological polar surface area (TPSA) is 81.2 Å². The highest BCUT2D eigenvalue weighted by atomic mass is 35.5. The lowest BCUT2D eigenvalue weighted by atomic mass is 10.1. The van der Waals surface area contributed by atoms with Gasteiger partial charge in [-0.3, -0.25) is 4.79 Å². The summed E-state index contributed by atoms with van der Waals surface area (Å²) in [4.78, 5) is 11.8. The maximum absolute atomic E-state index is 11.8. The van der Waals surface area contributed by atoms with Crippen molar-refractivity contribution in [3.8, 4) is 0 Å². The zero-order valence-corrected chi connectivity index (χ0v) is 13.7. The van der Waals surface area contributed by atoms with E-state index in [-0.39, 0.29) is 18.3 Å². The predicted octanol–water partition coefficient (Wildman–Crippen LogP) is 2.59. The third-order valence-electron chi connectivity index (χ3n) is 3.50. The number of aryl methyl sites for hydroxylation is 2. The number of halogens is 1. The highest BCUT2D eigenvalue weighted by Gasteiger charge is 2.10. The number of amides is 1. The summed E-state index contributed by atoms with van der Waals surface area (Å²) in [6.45, 7) is 4.39. The van der Waals surface area contributed by atoms with Crippen molar-refractivity contribution < 1.29 is 9.32 Å². The molecule has 6 heteroatoms. The minimum Gasteiger partial charge on any atom is -0.399 e. The normalized spacial score (nSPS) is 10.1. The number of nitrogens with two attached hydrogens (primary N) is 1. The van der Waals surface area contributed by atoms with E-state index >= 15 is 0 Å². The van der Waals surface area contributed by atoms with Crippen LogP contribution in [-0.2, 0) is 17.6 Å². The van der Waals surface area contributed by atoms with Crippen molar-refractivity contribution in [3.63, 3.8) is 0 Å². The Morgan fingerprint density at radius 3 is 2.50 bits per heavy atom. The van der Waals surface area contributed by atoms with Gasteiger partial charge >= 0.3 is 0 Å². The van der Waals surface area contributed by atoms with Gasteiger partial charge < -0.3 is 15.6 Å². The Morgan fingerprint density at radius 2 is 1.91 bits per heavy atom. The summed E-state index contributed by atoms with van der Waals surface area (Å²) >= 11 is 0. The number of aromatic nitrogens is 1. The lowest BCUT2D eigenvalue weighted by Gasteiger charge is -2.06. The number of rotatable bonds is 6. The molecular weight excluding hydrogens is 302 g/mol. The first-order chi connectivity index (χ1) is 10.1. The lowest BCUT2D eigenvalue weighted by molar-refractivity contribution is -0.121. The molecule has 0 bridgehead atoms. The second kappa shape index (κ2) is 8.44. The van der Waals surface area contributed by atoms with Gasteiger partial charge in [-0.05, 0) is 44.4 Å². The van der Waals surface area contributed by atoms with E-state index in [9.17, 15) is 4.79 Å². The Bertz CT molecular complexity index is 589. The third-order valence-corrected chi connectivity index (χ3v) is 3.50. The van der Waals surface area contributed by atoms with Crippen LogP contribution in [0, 0.1) is 13.8 Å². The van der Waals surface area contributed by atoms with Gasteiger partial charge in [0.25, 0.3) is 0 Å². The van der Waals surface area contributed by atoms with E-state index in [0.717, 1.165) is 34.7 Å². The van der Waals surface area contributed by atoms with E-state index in [4.69, 9.17) is 10.3 Å². The lowest BCUT2D eigenvalue weighted by Crippen LogP contribution is -2.25. The Hall–Kier alpha value is -2.01. The summed E-state index contributed by atoms with van der Waals surface area (Å²) in [6, 6.07) is 7.69. The second-order valence-electron chi connectivity index (χ2n) is 5.14. The average molecular weight is 324 g/mol. The summed E-state index contributed by atoms with van der Waals surface area (Å²) in [6.07, 6.45) is 1.91. The molecule has 0 saturated heterocycles. The van der Waals surface area contributed by atoms with E-state index in [1.807, 2.05) is 38.1 Å². The fourth-order valence-corrected chi connectivity index (χ4v) is 2.22. The first-order valence-corrected chi connectivity index (χ1v) is 7.09. The quantitative estimate of drug-likeness (QED) is 0.801. The molecule has 0 spiro atoms. The van der Waals surface area contributed by atoms with Crippen LogP contribution in [0.15, 0.2) is 28.8 Å². The number of benzene rings is 1. The van der Waals surface area contributed by atoms with Gasteiger partial charge in [-0.2, -0.15) is 0 Å². The van der Waals surface area contributed by atoms with Crippen LogP contribution < -0.4 is 11.1 Å². The molecule has 0 radical (unpaired) electrons. The van der Waals surface area contributed by atoms with E-state index in [2.05, 4.69) is 10.5 Å². The van der Waals surface area contributed by atoms with Gasteiger partial charge in [0, 0.05) is 24.2 Å². The smallest absolute Gasteiger partial charge is 0.220 e. The molecule has 0 atom stereocenters. The van der Waals surface area contributed by atoms with Gasteiger partial charge in [-0.15, -0.1) is 12.4 Å². The minimum atomic E-state index is 0. The van der Waals surface area contributed by atoms with Crippen LogP contribution in [0.1, 0.15) is 29.0 Å². The molecule has 1 aromatic carbocycles. The first-order valence-electron chi connectivity index (χ1n) is 7.09. The molecule has 120 valence electrons. The molecule has 1 amide bonds. The molecule has 5 nitrogen and oxygen atoms in total. The van der Waals surface area contributed by atoms with Crippen LogP contribution in [0.4, 0.5) is 5.69 Å². The molecule has 1 heterocycles. The van der Waals surface area contributed by atoms with Crippen molar-refractivity contribution in [2.75, 3.05) is 12.3 Å². The highest BCUT2D eigenvalue weighted by molar-refractivity contribution is 5.85. The molecule has 0 fully saturated rings. The number of carbonyl (C=O) groups is 1. The van der Waals surface area contributed by atoms with Crippen molar-refractivity contribution in [2.24, 2.45) is 0 Å². The predicted molar refractivity (Wildman–Crippen MR) is 89.1 cm³/mol. The van der Waals surface area contributed by atoms with Crippen LogP contribution in [-0.4, -0.2) is 17.6 Å². The molecule has 0 aliphatic heterocycles. The maximum atomic E-state index is 11.8. The van der Waals surface area contributed by atoms with E-state index in [1.54, 1.807) is 0 Å². The molecule has 2 rings (SSSR count). The largest absolute Gasteiger partial charge is 0.399 e. The van der Waals surface area contributed by atoms with Crippen LogP contribution >= 0.6 is 12.4 Å². The molecule has 2 aromatic rings. The number of hydrogen-bond acceptors (Lipinski definition) is 4. The minimum absolute atomic E-state index is 0. The molecule has 0 aliphatic rings. The summed E-state index contributed by atoms with van der Waals surface area (Å²) in [5.41, 5.74) is 9.44. The Morgan fingerprint density at radius 1 is 1.23 bits per heavy atom. The Labute approximate surface area is 136 Å². The molecule has 3 N–H and O–H groups in total. The van der Waals surface area contributed by atoms with Gasteiger partial charge in [0.1, 0.15) is 5.76 Å². The van der Waals surface area contributed by atoms with Crippen LogP contribution in [0.25, 0.3) is 0 Å². The van der Waals surface area contributed by atoms with E-state index < -0.39 is 0 Å². The molecule has 1 aromatic heterocycles. The third kappa shape index (κ3) is 5.07. The number of carbonyl (C=O) groups excluding carboxylic acids is 1. The maximum Gasteiger partial charge on any atom is 0.220 e.